The van der Waals surface area contributed by atoms with Gasteiger partial charge in [0.05, 0.1) is 0 Å². The van der Waals surface area contributed by atoms with Crippen molar-refractivity contribution in [1.29, 1.82) is 0 Å². The largest absolute Gasteiger partial charge is 0.157 e. The molecule has 0 rings (SSSR count). The Balaban J connectivity index is 3.46. The molecular formula is C6H11S2. The van der Waals surface area contributed by atoms with Gasteiger partial charge in [-0.2, -0.15) is 11.8 Å². The van der Waals surface area contributed by atoms with Crippen molar-refractivity contribution in [3.05, 3.63) is 18.4 Å². The first-order valence-electron chi connectivity index (χ1n) is 2.31. The van der Waals surface area contributed by atoms with E-state index in [1.807, 2.05) is 12.5 Å². The molecule has 1 atom stereocenters. The lowest BCUT2D eigenvalue weighted by Gasteiger charge is -2.06. The Morgan fingerprint density at radius 2 is 2.00 bits per heavy atom. The molecule has 0 aliphatic rings. The van der Waals surface area contributed by atoms with E-state index >= 15 is 0 Å². The monoisotopic (exact) mass is 147 g/mol. The van der Waals surface area contributed by atoms with E-state index in [2.05, 4.69) is 13.5 Å². The molecule has 0 aliphatic heterocycles. The van der Waals surface area contributed by atoms with Crippen molar-refractivity contribution in [2.24, 2.45) is 0 Å². The second-order valence-corrected chi connectivity index (χ2v) is 3.37. The van der Waals surface area contributed by atoms with Gasteiger partial charge in [-0.3, -0.25) is 0 Å². The molecule has 0 N–H and O–H groups in total. The van der Waals surface area contributed by atoms with E-state index in [4.69, 9.17) is 0 Å². The summed E-state index contributed by atoms with van der Waals surface area (Å²) in [5.41, 5.74) is 0. The van der Waals surface area contributed by atoms with Crippen molar-refractivity contribution >= 4 is 23.5 Å². The third kappa shape index (κ3) is 2.68. The summed E-state index contributed by atoms with van der Waals surface area (Å²) in [5.74, 6) is 0. The Morgan fingerprint density at radius 1 is 1.50 bits per heavy atom. The highest BCUT2D eigenvalue weighted by Crippen LogP contribution is 2.21. The molecule has 0 amide bonds. The van der Waals surface area contributed by atoms with Crippen LogP contribution >= 0.6 is 23.5 Å². The Kier molecular flexibility index (Phi) is 4.57. The van der Waals surface area contributed by atoms with Gasteiger partial charge < -0.3 is 0 Å². The molecule has 0 heterocycles. The smallest absolute Gasteiger partial charge is 0.0348 e. The summed E-state index contributed by atoms with van der Waals surface area (Å²) in [4.78, 5) is 1.15. The van der Waals surface area contributed by atoms with E-state index in [-0.39, 0.29) is 0 Å². The molecule has 0 saturated carbocycles. The Labute approximate surface area is 60.1 Å². The summed E-state index contributed by atoms with van der Waals surface area (Å²) in [6.45, 7) is 7.69. The van der Waals surface area contributed by atoms with E-state index in [0.29, 0.717) is 5.25 Å². The van der Waals surface area contributed by atoms with E-state index in [1.54, 1.807) is 23.5 Å². The average Bonchev–Trinajstić information content (AvgIpc) is 1.84. The highest BCUT2D eigenvalue weighted by atomic mass is 32.2. The minimum atomic E-state index is 0.352. The molecule has 0 aliphatic carbocycles. The Hall–Kier alpha value is 0.440. The highest BCUT2D eigenvalue weighted by Gasteiger charge is 2.00. The summed E-state index contributed by atoms with van der Waals surface area (Å²) in [5, 5.41) is 0.352. The molecule has 0 bridgehead atoms. The molecule has 0 saturated heterocycles. The predicted molar refractivity (Wildman–Crippen MR) is 45.3 cm³/mol. The first kappa shape index (κ1) is 8.44. The second kappa shape index (κ2) is 4.33. The lowest BCUT2D eigenvalue weighted by molar-refractivity contribution is 1.41. The summed E-state index contributed by atoms with van der Waals surface area (Å²) >= 11 is 3.41. The average molecular weight is 147 g/mol. The van der Waals surface area contributed by atoms with E-state index in [1.165, 1.54) is 0 Å². The minimum Gasteiger partial charge on any atom is -0.157 e. The van der Waals surface area contributed by atoms with Crippen LogP contribution in [0.2, 0.25) is 0 Å². The van der Waals surface area contributed by atoms with Crippen molar-refractivity contribution in [3.8, 4) is 0 Å². The number of hydrogen-bond acceptors (Lipinski definition) is 2. The van der Waals surface area contributed by atoms with Gasteiger partial charge in [-0.1, -0.05) is 6.58 Å². The van der Waals surface area contributed by atoms with E-state index in [9.17, 15) is 0 Å². The molecule has 0 aromatic heterocycles. The standard InChI is InChI=1S/C6H11S2/c1-5(7-3)6(2)8-4/h5H,1-2H2,3-4H3. The number of hydrogen-bond donors (Lipinski definition) is 0. The summed E-state index contributed by atoms with van der Waals surface area (Å²) in [6.07, 6.45) is 4.07. The van der Waals surface area contributed by atoms with E-state index < -0.39 is 0 Å². The molecule has 0 aromatic rings. The lowest BCUT2D eigenvalue weighted by Crippen LogP contribution is -1.94. The van der Waals surface area contributed by atoms with Gasteiger partial charge in [-0.05, 0) is 24.3 Å². The van der Waals surface area contributed by atoms with Crippen molar-refractivity contribution in [3.63, 3.8) is 0 Å². The molecule has 0 fully saturated rings. The molecule has 47 valence electrons. The fourth-order valence-electron chi connectivity index (χ4n) is 0.263. The predicted octanol–water partition coefficient (Wildman–Crippen LogP) is 2.43. The van der Waals surface area contributed by atoms with Crippen LogP contribution in [-0.4, -0.2) is 17.8 Å². The van der Waals surface area contributed by atoms with Gasteiger partial charge in [-0.25, -0.2) is 0 Å². The SMILES string of the molecule is [CH2]C(SC)C(=C)SC. The fraction of sp³-hybridized carbons (Fsp3) is 0.500. The molecule has 1 unspecified atom stereocenters. The zero-order chi connectivity index (χ0) is 6.57. The van der Waals surface area contributed by atoms with Crippen LogP contribution in [-0.2, 0) is 0 Å². The van der Waals surface area contributed by atoms with Gasteiger partial charge in [0.1, 0.15) is 0 Å². The van der Waals surface area contributed by atoms with Crippen LogP contribution < -0.4 is 0 Å². The van der Waals surface area contributed by atoms with Crippen LogP contribution in [0, 0.1) is 6.92 Å². The van der Waals surface area contributed by atoms with Crippen molar-refractivity contribution in [2.45, 2.75) is 5.25 Å². The van der Waals surface area contributed by atoms with Crippen LogP contribution in [0.4, 0.5) is 0 Å². The fourth-order valence-corrected chi connectivity index (χ4v) is 1.37. The molecule has 1 radical (unpaired) electrons. The van der Waals surface area contributed by atoms with Crippen LogP contribution in [0.15, 0.2) is 11.5 Å². The quantitative estimate of drug-likeness (QED) is 0.601. The second-order valence-electron chi connectivity index (χ2n) is 1.39. The number of thioether (sulfide) groups is 2. The van der Waals surface area contributed by atoms with Crippen LogP contribution in [0.1, 0.15) is 0 Å². The first-order chi connectivity index (χ1) is 3.72. The molecule has 0 aromatic carbocycles. The van der Waals surface area contributed by atoms with Crippen molar-refractivity contribution < 1.29 is 0 Å². The number of rotatable bonds is 3. The highest BCUT2D eigenvalue weighted by molar-refractivity contribution is 8.05. The van der Waals surface area contributed by atoms with Gasteiger partial charge in [-0.15, -0.1) is 11.8 Å². The molecule has 0 spiro atoms. The molecule has 8 heavy (non-hydrogen) atoms. The lowest BCUT2D eigenvalue weighted by atomic mass is 10.5. The summed E-state index contributed by atoms with van der Waals surface area (Å²) in [7, 11) is 0. The Morgan fingerprint density at radius 3 is 2.12 bits per heavy atom. The summed E-state index contributed by atoms with van der Waals surface area (Å²) < 4.78 is 0. The van der Waals surface area contributed by atoms with Crippen LogP contribution in [0.3, 0.4) is 0 Å². The van der Waals surface area contributed by atoms with Gasteiger partial charge in [0.2, 0.25) is 0 Å². The Bertz CT molecular complexity index is 78.6. The minimum absolute atomic E-state index is 0.352. The zero-order valence-electron chi connectivity index (χ0n) is 5.31. The van der Waals surface area contributed by atoms with Gasteiger partial charge in [0.15, 0.2) is 0 Å². The zero-order valence-corrected chi connectivity index (χ0v) is 6.94. The summed E-state index contributed by atoms with van der Waals surface area (Å²) in [6, 6.07) is 0. The van der Waals surface area contributed by atoms with Crippen LogP contribution in [0.25, 0.3) is 0 Å². The first-order valence-corrected chi connectivity index (χ1v) is 4.82. The van der Waals surface area contributed by atoms with E-state index in [0.717, 1.165) is 4.91 Å². The van der Waals surface area contributed by atoms with Crippen molar-refractivity contribution in [2.75, 3.05) is 12.5 Å². The van der Waals surface area contributed by atoms with Gasteiger partial charge in [0.25, 0.3) is 0 Å². The molecular weight excluding hydrogens is 136 g/mol. The van der Waals surface area contributed by atoms with Crippen LogP contribution in [0.5, 0.6) is 0 Å². The maximum absolute atomic E-state index is 3.87. The third-order valence-corrected chi connectivity index (χ3v) is 2.72. The maximum Gasteiger partial charge on any atom is 0.0348 e. The van der Waals surface area contributed by atoms with Gasteiger partial charge >= 0.3 is 0 Å². The van der Waals surface area contributed by atoms with Gasteiger partial charge in [0, 0.05) is 5.25 Å². The van der Waals surface area contributed by atoms with Crippen molar-refractivity contribution in [1.82, 2.24) is 0 Å². The topological polar surface area (TPSA) is 0 Å². The third-order valence-electron chi connectivity index (χ3n) is 0.906. The maximum atomic E-state index is 3.87. The molecule has 0 nitrogen and oxygen atoms in total. The normalized spacial score (nSPS) is 13.4. The molecule has 2 heteroatoms.